The van der Waals surface area contributed by atoms with Crippen LogP contribution in [0.2, 0.25) is 0 Å². The first-order chi connectivity index (χ1) is 6.50. The molecule has 1 atom stereocenters. The van der Waals surface area contributed by atoms with E-state index in [-0.39, 0.29) is 22.4 Å². The Hall–Kier alpha value is -0.870. The molecule has 14 heavy (non-hydrogen) atoms. The van der Waals surface area contributed by atoms with E-state index in [2.05, 4.69) is 0 Å². The third-order valence-electron chi connectivity index (χ3n) is 1.88. The summed E-state index contributed by atoms with van der Waals surface area (Å²) in [5.74, 6) is 0.325. The quantitative estimate of drug-likeness (QED) is 0.521. The minimum absolute atomic E-state index is 0.148. The van der Waals surface area contributed by atoms with Crippen LogP contribution in [0.1, 0.15) is 11.7 Å². The molecule has 0 amide bonds. The number of aliphatic hydroxyl groups excluding tert-OH is 1. The van der Waals surface area contributed by atoms with Gasteiger partial charge in [-0.15, -0.1) is 0 Å². The lowest BCUT2D eigenvalue weighted by atomic mass is 10.1. The molecule has 0 heterocycles. The van der Waals surface area contributed by atoms with Gasteiger partial charge in [0.15, 0.2) is 11.5 Å². The molecule has 4 heteroatoms. The number of phenolic OH excluding ortho intramolecular Hbond substituents is 2. The molecule has 0 aliphatic rings. The third-order valence-corrected chi connectivity index (χ3v) is 2.86. The second-order valence-electron chi connectivity index (χ2n) is 3.42. The zero-order chi connectivity index (χ0) is 10.7. The SMILES string of the molecule is C[S+](C)CC(O)c1ccc(O)c(O)c1. The zero-order valence-corrected chi connectivity index (χ0v) is 9.08. The van der Waals surface area contributed by atoms with Gasteiger partial charge in [0.2, 0.25) is 0 Å². The van der Waals surface area contributed by atoms with E-state index in [4.69, 9.17) is 5.11 Å². The van der Waals surface area contributed by atoms with Gasteiger partial charge >= 0.3 is 0 Å². The molecule has 0 aliphatic heterocycles. The van der Waals surface area contributed by atoms with Crippen molar-refractivity contribution in [2.75, 3.05) is 18.3 Å². The van der Waals surface area contributed by atoms with Gasteiger partial charge in [0.1, 0.15) is 11.9 Å². The number of hydrogen-bond acceptors (Lipinski definition) is 3. The number of phenols is 2. The van der Waals surface area contributed by atoms with Gasteiger partial charge in [0.05, 0.1) is 12.5 Å². The molecule has 1 aromatic rings. The summed E-state index contributed by atoms with van der Waals surface area (Å²) in [6, 6.07) is 4.40. The molecule has 3 nitrogen and oxygen atoms in total. The normalized spacial score (nSPS) is 13.1. The molecule has 0 aromatic heterocycles. The molecule has 0 radical (unpaired) electrons. The van der Waals surface area contributed by atoms with E-state index < -0.39 is 6.10 Å². The summed E-state index contributed by atoms with van der Waals surface area (Å²) in [6.07, 6.45) is 3.52. The summed E-state index contributed by atoms with van der Waals surface area (Å²) in [6.45, 7) is 0. The number of benzene rings is 1. The molecule has 3 N–H and O–H groups in total. The van der Waals surface area contributed by atoms with E-state index in [1.807, 2.05) is 12.5 Å². The lowest BCUT2D eigenvalue weighted by molar-refractivity contribution is 0.203. The predicted octanol–water partition coefficient (Wildman–Crippen LogP) is 1.01. The third kappa shape index (κ3) is 2.82. The number of hydrogen-bond donors (Lipinski definition) is 3. The molecule has 0 saturated carbocycles. The average molecular weight is 215 g/mol. The molecule has 78 valence electrons. The van der Waals surface area contributed by atoms with Gasteiger partial charge < -0.3 is 15.3 Å². The highest BCUT2D eigenvalue weighted by Gasteiger charge is 2.16. The Bertz CT molecular complexity index is 312. The van der Waals surface area contributed by atoms with Crippen molar-refractivity contribution >= 4 is 10.9 Å². The maximum Gasteiger partial charge on any atom is 0.157 e. The maximum absolute atomic E-state index is 9.72. The highest BCUT2D eigenvalue weighted by atomic mass is 32.2. The Balaban J connectivity index is 2.80. The van der Waals surface area contributed by atoms with E-state index in [1.165, 1.54) is 12.1 Å². The second kappa shape index (κ2) is 4.57. The van der Waals surface area contributed by atoms with Crippen molar-refractivity contribution in [2.45, 2.75) is 6.10 Å². The summed E-state index contributed by atoms with van der Waals surface area (Å²) in [7, 11) is 0.148. The van der Waals surface area contributed by atoms with Gasteiger partial charge in [-0.2, -0.15) is 0 Å². The molecule has 0 saturated heterocycles. The molecule has 1 unspecified atom stereocenters. The standard InChI is InChI=1S/C10H14O3S/c1-14(2)6-10(13)7-3-4-8(11)9(12)5-7/h3-5,10,13H,6H2,1-2H3,(H-,11,12)/p+1. The van der Waals surface area contributed by atoms with Gasteiger partial charge in [-0.05, 0) is 28.6 Å². The highest BCUT2D eigenvalue weighted by Crippen LogP contribution is 2.28. The maximum atomic E-state index is 9.72. The monoisotopic (exact) mass is 215 g/mol. The molecule has 1 aromatic carbocycles. The van der Waals surface area contributed by atoms with E-state index in [0.29, 0.717) is 11.3 Å². The van der Waals surface area contributed by atoms with Crippen LogP contribution in [0.3, 0.4) is 0 Å². The van der Waals surface area contributed by atoms with Gasteiger partial charge in [0, 0.05) is 0 Å². The van der Waals surface area contributed by atoms with Gasteiger partial charge in [-0.3, -0.25) is 0 Å². The van der Waals surface area contributed by atoms with Crippen molar-refractivity contribution in [1.82, 2.24) is 0 Å². The lowest BCUT2D eigenvalue weighted by Crippen LogP contribution is -2.11. The van der Waals surface area contributed by atoms with Crippen LogP contribution in [-0.4, -0.2) is 33.6 Å². The van der Waals surface area contributed by atoms with Crippen LogP contribution in [0.15, 0.2) is 18.2 Å². The van der Waals surface area contributed by atoms with Crippen LogP contribution >= 0.6 is 0 Å². The first kappa shape index (κ1) is 11.2. The van der Waals surface area contributed by atoms with E-state index in [9.17, 15) is 10.2 Å². The van der Waals surface area contributed by atoms with Crippen LogP contribution in [0.5, 0.6) is 11.5 Å². The summed E-state index contributed by atoms with van der Waals surface area (Å²) < 4.78 is 0. The Morgan fingerprint density at radius 1 is 1.21 bits per heavy atom. The molecule has 0 aliphatic carbocycles. The first-order valence-corrected chi connectivity index (χ1v) is 6.46. The zero-order valence-electron chi connectivity index (χ0n) is 8.27. The fourth-order valence-corrected chi connectivity index (χ4v) is 1.98. The minimum atomic E-state index is -0.570. The smallest absolute Gasteiger partial charge is 0.157 e. The predicted molar refractivity (Wildman–Crippen MR) is 58.8 cm³/mol. The van der Waals surface area contributed by atoms with Crippen molar-refractivity contribution in [2.24, 2.45) is 0 Å². The Morgan fingerprint density at radius 2 is 1.86 bits per heavy atom. The van der Waals surface area contributed by atoms with E-state index in [0.717, 1.165) is 0 Å². The van der Waals surface area contributed by atoms with Crippen molar-refractivity contribution in [3.63, 3.8) is 0 Å². The highest BCUT2D eigenvalue weighted by molar-refractivity contribution is 7.95. The summed E-state index contributed by atoms with van der Waals surface area (Å²) in [4.78, 5) is 0. The second-order valence-corrected chi connectivity index (χ2v) is 5.72. The van der Waals surface area contributed by atoms with Crippen LogP contribution in [0.25, 0.3) is 0 Å². The van der Waals surface area contributed by atoms with Crippen LogP contribution in [0.4, 0.5) is 0 Å². The lowest BCUT2D eigenvalue weighted by Gasteiger charge is -2.09. The van der Waals surface area contributed by atoms with E-state index in [1.54, 1.807) is 6.07 Å². The molecular weight excluding hydrogens is 200 g/mol. The topological polar surface area (TPSA) is 60.7 Å². The largest absolute Gasteiger partial charge is 0.504 e. The molecule has 0 fully saturated rings. The first-order valence-electron chi connectivity index (χ1n) is 4.25. The van der Waals surface area contributed by atoms with Gasteiger partial charge in [-0.25, -0.2) is 0 Å². The Labute approximate surface area is 86.4 Å². The van der Waals surface area contributed by atoms with Gasteiger partial charge in [-0.1, -0.05) is 6.07 Å². The fourth-order valence-electron chi connectivity index (χ4n) is 1.16. The van der Waals surface area contributed by atoms with Crippen molar-refractivity contribution in [3.05, 3.63) is 23.8 Å². The van der Waals surface area contributed by atoms with Crippen LogP contribution in [-0.2, 0) is 10.9 Å². The molecule has 0 spiro atoms. The minimum Gasteiger partial charge on any atom is -0.504 e. The van der Waals surface area contributed by atoms with Crippen molar-refractivity contribution < 1.29 is 15.3 Å². The van der Waals surface area contributed by atoms with E-state index >= 15 is 0 Å². The molecular formula is C10H15O3S+. The number of aromatic hydroxyl groups is 2. The van der Waals surface area contributed by atoms with Gasteiger partial charge in [0.25, 0.3) is 0 Å². The van der Waals surface area contributed by atoms with Crippen molar-refractivity contribution in [1.29, 1.82) is 0 Å². The van der Waals surface area contributed by atoms with Crippen LogP contribution < -0.4 is 0 Å². The summed E-state index contributed by atoms with van der Waals surface area (Å²) in [5.41, 5.74) is 0.640. The Kier molecular flexibility index (Phi) is 3.66. The number of aliphatic hydroxyl groups is 1. The van der Waals surface area contributed by atoms with Crippen molar-refractivity contribution in [3.8, 4) is 11.5 Å². The van der Waals surface area contributed by atoms with Crippen LogP contribution in [0, 0.1) is 0 Å². The fraction of sp³-hybridized carbons (Fsp3) is 0.400. The molecule has 1 rings (SSSR count). The Morgan fingerprint density at radius 3 is 2.36 bits per heavy atom. The summed E-state index contributed by atoms with van der Waals surface area (Å²) >= 11 is 0. The number of rotatable bonds is 3. The summed E-state index contributed by atoms with van der Waals surface area (Å²) in [5, 5.41) is 28.0. The molecule has 0 bridgehead atoms. The average Bonchev–Trinajstić information content (AvgIpc) is 2.08.